The number of rotatable bonds is 2. The van der Waals surface area contributed by atoms with Crippen molar-refractivity contribution in [1.82, 2.24) is 9.78 Å². The van der Waals surface area contributed by atoms with E-state index in [-0.39, 0.29) is 0 Å². The van der Waals surface area contributed by atoms with Crippen molar-refractivity contribution >= 4 is 28.6 Å². The predicted octanol–water partition coefficient (Wildman–Crippen LogP) is 4.45. The molecule has 0 radical (unpaired) electrons. The lowest BCUT2D eigenvalue weighted by molar-refractivity contribution is 0.876. The molecule has 0 spiro atoms. The Morgan fingerprint density at radius 1 is 1.25 bits per heavy atom. The van der Waals surface area contributed by atoms with Gasteiger partial charge >= 0.3 is 0 Å². The van der Waals surface area contributed by atoms with E-state index < -0.39 is 0 Å². The van der Waals surface area contributed by atoms with Crippen LogP contribution in [0.25, 0.3) is 16.9 Å². The van der Waals surface area contributed by atoms with E-state index in [1.165, 1.54) is 22.5 Å². The number of halogens is 1. The van der Waals surface area contributed by atoms with Crippen LogP contribution in [-0.4, -0.2) is 9.78 Å². The average molecular weight is 304 g/mol. The predicted molar refractivity (Wildman–Crippen MR) is 85.8 cm³/mol. The smallest absolute Gasteiger partial charge is 0.117 e. The summed E-state index contributed by atoms with van der Waals surface area (Å²) in [6.07, 6.45) is 1.85. The molecule has 2 heterocycles. The lowest BCUT2D eigenvalue weighted by Gasteiger charge is -2.06. The van der Waals surface area contributed by atoms with Gasteiger partial charge in [-0.1, -0.05) is 29.3 Å². The van der Waals surface area contributed by atoms with Crippen LogP contribution in [0, 0.1) is 13.8 Å². The molecular weight excluding hydrogens is 290 g/mol. The summed E-state index contributed by atoms with van der Waals surface area (Å²) in [4.78, 5) is 0. The Labute approximate surface area is 126 Å². The second kappa shape index (κ2) is 4.96. The van der Waals surface area contributed by atoms with E-state index >= 15 is 0 Å². The van der Waals surface area contributed by atoms with Gasteiger partial charge in [0.25, 0.3) is 0 Å². The maximum Gasteiger partial charge on any atom is 0.117 e. The molecule has 0 fully saturated rings. The summed E-state index contributed by atoms with van der Waals surface area (Å²) in [5.41, 5.74) is 11.9. The summed E-state index contributed by atoms with van der Waals surface area (Å²) >= 11 is 7.45. The van der Waals surface area contributed by atoms with Crippen LogP contribution >= 0.6 is 22.9 Å². The number of thiophene rings is 1. The summed E-state index contributed by atoms with van der Waals surface area (Å²) in [6, 6.07) is 8.15. The maximum atomic E-state index is 6.08. The van der Waals surface area contributed by atoms with Gasteiger partial charge in [0.05, 0.1) is 21.9 Å². The van der Waals surface area contributed by atoms with Crippen LogP contribution in [0.15, 0.2) is 35.8 Å². The summed E-state index contributed by atoms with van der Waals surface area (Å²) in [5, 5.41) is 6.56. The zero-order valence-electron chi connectivity index (χ0n) is 11.2. The number of hydrogen-bond donors (Lipinski definition) is 1. The van der Waals surface area contributed by atoms with Crippen molar-refractivity contribution in [2.75, 3.05) is 5.73 Å². The Hall–Kier alpha value is -1.78. The molecule has 0 atom stereocenters. The van der Waals surface area contributed by atoms with Crippen LogP contribution in [0.5, 0.6) is 0 Å². The molecule has 3 rings (SSSR count). The molecule has 2 aromatic heterocycles. The normalized spacial score (nSPS) is 10.9. The minimum Gasteiger partial charge on any atom is -0.396 e. The molecular formula is C15H14ClN3S. The van der Waals surface area contributed by atoms with Crippen molar-refractivity contribution in [2.45, 2.75) is 13.8 Å². The first-order valence-electron chi connectivity index (χ1n) is 6.22. The number of aromatic nitrogens is 2. The molecule has 102 valence electrons. The Kier molecular flexibility index (Phi) is 3.28. The molecule has 0 saturated carbocycles. The molecule has 1 aromatic carbocycles. The third-order valence-corrected chi connectivity index (χ3v) is 4.27. The summed E-state index contributed by atoms with van der Waals surface area (Å²) < 4.78 is 2.56. The van der Waals surface area contributed by atoms with Crippen LogP contribution in [-0.2, 0) is 0 Å². The molecule has 0 aliphatic rings. The van der Waals surface area contributed by atoms with Crippen molar-refractivity contribution in [2.24, 2.45) is 0 Å². The van der Waals surface area contributed by atoms with Gasteiger partial charge in [-0.05, 0) is 31.5 Å². The summed E-state index contributed by atoms with van der Waals surface area (Å²) in [6.45, 7) is 4.15. The second-order valence-corrected chi connectivity index (χ2v) is 6.35. The van der Waals surface area contributed by atoms with Gasteiger partial charge in [-0.3, -0.25) is 0 Å². The Bertz CT molecular complexity index is 773. The number of hydrogen-bond acceptors (Lipinski definition) is 3. The highest BCUT2D eigenvalue weighted by molar-refractivity contribution is 7.14. The number of nitrogens with two attached hydrogens (primary N) is 1. The Morgan fingerprint density at radius 2 is 2.05 bits per heavy atom. The van der Waals surface area contributed by atoms with Crippen molar-refractivity contribution in [1.29, 1.82) is 0 Å². The van der Waals surface area contributed by atoms with Crippen molar-refractivity contribution in [3.63, 3.8) is 0 Å². The van der Waals surface area contributed by atoms with Gasteiger partial charge in [0.2, 0.25) is 0 Å². The minimum atomic E-state index is 0.652. The second-order valence-electron chi connectivity index (χ2n) is 4.81. The van der Waals surface area contributed by atoms with E-state index in [4.69, 9.17) is 17.3 Å². The van der Waals surface area contributed by atoms with E-state index in [0.29, 0.717) is 5.69 Å². The van der Waals surface area contributed by atoms with E-state index in [2.05, 4.69) is 37.1 Å². The zero-order valence-corrected chi connectivity index (χ0v) is 12.8. The largest absolute Gasteiger partial charge is 0.396 e. The SMILES string of the molecule is Cc1ccc(-n2cc(N)c(-c3csc(Cl)c3)n2)c(C)c1. The first-order chi connectivity index (χ1) is 9.54. The third-order valence-electron chi connectivity index (χ3n) is 3.18. The molecule has 3 nitrogen and oxygen atoms in total. The number of aryl methyl sites for hydroxylation is 2. The fraction of sp³-hybridized carbons (Fsp3) is 0.133. The van der Waals surface area contributed by atoms with Crippen molar-refractivity contribution in [3.8, 4) is 16.9 Å². The molecule has 0 bridgehead atoms. The molecule has 2 N–H and O–H groups in total. The van der Waals surface area contributed by atoms with Gasteiger partial charge in [-0.15, -0.1) is 11.3 Å². The molecule has 3 aromatic rings. The van der Waals surface area contributed by atoms with Crippen LogP contribution in [0.1, 0.15) is 11.1 Å². The van der Waals surface area contributed by atoms with Gasteiger partial charge in [-0.25, -0.2) is 4.68 Å². The molecule has 0 saturated heterocycles. The highest BCUT2D eigenvalue weighted by atomic mass is 35.5. The van der Waals surface area contributed by atoms with Crippen LogP contribution in [0.3, 0.4) is 0 Å². The molecule has 5 heteroatoms. The number of anilines is 1. The van der Waals surface area contributed by atoms with E-state index in [1.807, 2.05) is 22.3 Å². The molecule has 0 aliphatic carbocycles. The first kappa shape index (κ1) is 13.2. The van der Waals surface area contributed by atoms with Gasteiger partial charge in [0.1, 0.15) is 5.69 Å². The van der Waals surface area contributed by atoms with Crippen LogP contribution in [0.4, 0.5) is 5.69 Å². The van der Waals surface area contributed by atoms with Crippen LogP contribution < -0.4 is 5.73 Å². The standard InChI is InChI=1S/C15H14ClN3S/c1-9-3-4-13(10(2)5-9)19-7-12(17)15(18-19)11-6-14(16)20-8-11/h3-8H,17H2,1-2H3. The third kappa shape index (κ3) is 2.32. The molecule has 0 aliphatic heterocycles. The number of nitrogen functional groups attached to an aromatic ring is 1. The quantitative estimate of drug-likeness (QED) is 0.760. The van der Waals surface area contributed by atoms with Crippen molar-refractivity contribution < 1.29 is 0 Å². The topological polar surface area (TPSA) is 43.8 Å². The van der Waals surface area contributed by atoms with Crippen LogP contribution in [0.2, 0.25) is 4.34 Å². The lowest BCUT2D eigenvalue weighted by atomic mass is 10.1. The number of benzene rings is 1. The lowest BCUT2D eigenvalue weighted by Crippen LogP contribution is -1.98. The van der Waals surface area contributed by atoms with Gasteiger partial charge in [0, 0.05) is 10.9 Å². The van der Waals surface area contributed by atoms with Gasteiger partial charge < -0.3 is 5.73 Å². The van der Waals surface area contributed by atoms with E-state index in [0.717, 1.165) is 21.3 Å². The summed E-state index contributed by atoms with van der Waals surface area (Å²) in [7, 11) is 0. The summed E-state index contributed by atoms with van der Waals surface area (Å²) in [5.74, 6) is 0. The average Bonchev–Trinajstić information content (AvgIpc) is 2.95. The first-order valence-corrected chi connectivity index (χ1v) is 7.47. The molecule has 20 heavy (non-hydrogen) atoms. The highest BCUT2D eigenvalue weighted by Gasteiger charge is 2.12. The molecule has 0 unspecified atom stereocenters. The van der Waals surface area contributed by atoms with Crippen molar-refractivity contribution in [3.05, 3.63) is 51.3 Å². The number of nitrogens with zero attached hydrogens (tertiary/aromatic N) is 2. The van der Waals surface area contributed by atoms with Gasteiger partial charge in [-0.2, -0.15) is 5.10 Å². The molecule has 0 amide bonds. The van der Waals surface area contributed by atoms with E-state index in [1.54, 1.807) is 0 Å². The maximum absolute atomic E-state index is 6.08. The van der Waals surface area contributed by atoms with E-state index in [9.17, 15) is 0 Å². The fourth-order valence-electron chi connectivity index (χ4n) is 2.23. The zero-order chi connectivity index (χ0) is 14.3. The Morgan fingerprint density at radius 3 is 2.70 bits per heavy atom. The monoisotopic (exact) mass is 303 g/mol. The Balaban J connectivity index is 2.08. The highest BCUT2D eigenvalue weighted by Crippen LogP contribution is 2.32. The minimum absolute atomic E-state index is 0.652. The fourth-order valence-corrected chi connectivity index (χ4v) is 3.10. The van der Waals surface area contributed by atoms with Gasteiger partial charge in [0.15, 0.2) is 0 Å².